The second kappa shape index (κ2) is 7.24. The Morgan fingerprint density at radius 1 is 1.35 bits per heavy atom. The number of hydrogen-bond donors (Lipinski definition) is 2. The van der Waals surface area contributed by atoms with Gasteiger partial charge in [0, 0.05) is 13.7 Å². The SMILES string of the molecule is CCNC(C)c1nnc(NCC(C)COC)o1. The lowest BCUT2D eigenvalue weighted by Gasteiger charge is -2.09. The standard InChI is InChI=1S/C11H22N4O2/c1-5-12-9(3)10-14-15-11(17-10)13-6-8(2)7-16-4/h8-9,12H,5-7H2,1-4H3,(H,13,15). The van der Waals surface area contributed by atoms with Crippen molar-refractivity contribution < 1.29 is 9.15 Å². The number of aromatic nitrogens is 2. The van der Waals surface area contributed by atoms with E-state index >= 15 is 0 Å². The van der Waals surface area contributed by atoms with E-state index in [0.717, 1.165) is 13.1 Å². The van der Waals surface area contributed by atoms with Gasteiger partial charge in [-0.1, -0.05) is 18.9 Å². The lowest BCUT2D eigenvalue weighted by Crippen LogP contribution is -2.18. The van der Waals surface area contributed by atoms with E-state index in [1.165, 1.54) is 0 Å². The molecule has 1 rings (SSSR count). The molecule has 0 amide bonds. The van der Waals surface area contributed by atoms with Gasteiger partial charge in [-0.25, -0.2) is 0 Å². The van der Waals surface area contributed by atoms with Crippen LogP contribution in [0.4, 0.5) is 6.01 Å². The first-order chi connectivity index (χ1) is 8.17. The van der Waals surface area contributed by atoms with Crippen LogP contribution in [0.5, 0.6) is 0 Å². The largest absolute Gasteiger partial charge is 0.406 e. The van der Waals surface area contributed by atoms with Gasteiger partial charge in [-0.15, -0.1) is 5.10 Å². The molecule has 2 N–H and O–H groups in total. The molecule has 0 saturated heterocycles. The molecule has 0 saturated carbocycles. The molecule has 17 heavy (non-hydrogen) atoms. The third kappa shape index (κ3) is 4.70. The summed E-state index contributed by atoms with van der Waals surface area (Å²) in [5.74, 6) is 1.01. The van der Waals surface area contributed by atoms with Crippen LogP contribution in [0.25, 0.3) is 0 Å². The summed E-state index contributed by atoms with van der Waals surface area (Å²) in [5, 5.41) is 14.2. The highest BCUT2D eigenvalue weighted by Crippen LogP contribution is 2.13. The third-order valence-corrected chi connectivity index (χ3v) is 2.37. The van der Waals surface area contributed by atoms with Gasteiger partial charge in [0.2, 0.25) is 5.89 Å². The minimum absolute atomic E-state index is 0.0828. The second-order valence-electron chi connectivity index (χ2n) is 4.17. The molecule has 98 valence electrons. The summed E-state index contributed by atoms with van der Waals surface area (Å²) < 4.78 is 10.5. The highest BCUT2D eigenvalue weighted by Gasteiger charge is 2.12. The van der Waals surface area contributed by atoms with Gasteiger partial charge in [0.1, 0.15) is 0 Å². The molecule has 1 aromatic heterocycles. The van der Waals surface area contributed by atoms with Crippen molar-refractivity contribution in [1.29, 1.82) is 0 Å². The van der Waals surface area contributed by atoms with Crippen LogP contribution in [-0.4, -0.2) is 37.0 Å². The lowest BCUT2D eigenvalue weighted by atomic mass is 10.2. The van der Waals surface area contributed by atoms with Crippen molar-refractivity contribution >= 4 is 6.01 Å². The average Bonchev–Trinajstić information content (AvgIpc) is 2.76. The summed E-state index contributed by atoms with van der Waals surface area (Å²) in [5.41, 5.74) is 0. The molecule has 0 bridgehead atoms. The molecule has 1 heterocycles. The predicted octanol–water partition coefficient (Wildman–Crippen LogP) is 1.43. The molecule has 2 unspecified atom stereocenters. The normalized spacial score (nSPS) is 14.6. The number of rotatable bonds is 8. The molecule has 0 aliphatic rings. The Morgan fingerprint density at radius 2 is 2.12 bits per heavy atom. The Hall–Kier alpha value is -1.14. The van der Waals surface area contributed by atoms with Crippen molar-refractivity contribution in [2.75, 3.05) is 32.1 Å². The Morgan fingerprint density at radius 3 is 2.76 bits per heavy atom. The molecule has 0 radical (unpaired) electrons. The van der Waals surface area contributed by atoms with E-state index in [0.29, 0.717) is 24.4 Å². The van der Waals surface area contributed by atoms with E-state index in [1.54, 1.807) is 7.11 Å². The zero-order valence-corrected chi connectivity index (χ0v) is 11.0. The maximum atomic E-state index is 5.49. The van der Waals surface area contributed by atoms with Gasteiger partial charge < -0.3 is 19.8 Å². The highest BCUT2D eigenvalue weighted by atomic mass is 16.5. The molecule has 0 spiro atoms. The van der Waals surface area contributed by atoms with Gasteiger partial charge in [-0.3, -0.25) is 0 Å². The van der Waals surface area contributed by atoms with E-state index in [-0.39, 0.29) is 6.04 Å². The topological polar surface area (TPSA) is 72.2 Å². The summed E-state index contributed by atoms with van der Waals surface area (Å²) >= 11 is 0. The first-order valence-electron chi connectivity index (χ1n) is 5.97. The molecule has 0 aromatic carbocycles. The van der Waals surface area contributed by atoms with Gasteiger partial charge in [0.05, 0.1) is 12.6 Å². The van der Waals surface area contributed by atoms with Crippen molar-refractivity contribution in [3.8, 4) is 0 Å². The Bertz CT molecular complexity index is 316. The Balaban J connectivity index is 2.40. The number of hydrogen-bond acceptors (Lipinski definition) is 6. The van der Waals surface area contributed by atoms with Crippen molar-refractivity contribution in [2.45, 2.75) is 26.8 Å². The van der Waals surface area contributed by atoms with Crippen molar-refractivity contribution in [2.24, 2.45) is 5.92 Å². The summed E-state index contributed by atoms with van der Waals surface area (Å²) in [6.07, 6.45) is 0. The third-order valence-electron chi connectivity index (χ3n) is 2.37. The first kappa shape index (κ1) is 13.9. The number of anilines is 1. The van der Waals surface area contributed by atoms with Crippen molar-refractivity contribution in [1.82, 2.24) is 15.5 Å². The second-order valence-corrected chi connectivity index (χ2v) is 4.17. The van der Waals surface area contributed by atoms with E-state index < -0.39 is 0 Å². The maximum absolute atomic E-state index is 5.49. The van der Waals surface area contributed by atoms with E-state index in [1.807, 2.05) is 13.8 Å². The van der Waals surface area contributed by atoms with Crippen molar-refractivity contribution in [3.63, 3.8) is 0 Å². The average molecular weight is 242 g/mol. The van der Waals surface area contributed by atoms with E-state index in [4.69, 9.17) is 9.15 Å². The minimum atomic E-state index is 0.0828. The highest BCUT2D eigenvalue weighted by molar-refractivity contribution is 5.17. The van der Waals surface area contributed by atoms with Gasteiger partial charge in [0.15, 0.2) is 0 Å². The number of methoxy groups -OCH3 is 1. The summed E-state index contributed by atoms with van der Waals surface area (Å²) in [6, 6.07) is 0.548. The van der Waals surface area contributed by atoms with Gasteiger partial charge in [0.25, 0.3) is 0 Å². The van der Waals surface area contributed by atoms with E-state index in [9.17, 15) is 0 Å². The molecule has 0 aliphatic heterocycles. The monoisotopic (exact) mass is 242 g/mol. The predicted molar refractivity (Wildman–Crippen MR) is 65.9 cm³/mol. The van der Waals surface area contributed by atoms with Crippen LogP contribution < -0.4 is 10.6 Å². The first-order valence-corrected chi connectivity index (χ1v) is 5.97. The lowest BCUT2D eigenvalue weighted by molar-refractivity contribution is 0.164. The van der Waals surface area contributed by atoms with Gasteiger partial charge in [-0.2, -0.15) is 0 Å². The summed E-state index contributed by atoms with van der Waals surface area (Å²) in [7, 11) is 1.69. The molecule has 2 atom stereocenters. The number of nitrogens with one attached hydrogen (secondary N) is 2. The van der Waals surface area contributed by atoms with Gasteiger partial charge in [-0.05, 0) is 19.4 Å². The Labute approximate surface area is 102 Å². The van der Waals surface area contributed by atoms with Crippen LogP contribution >= 0.6 is 0 Å². The quantitative estimate of drug-likeness (QED) is 0.718. The fraction of sp³-hybridized carbons (Fsp3) is 0.818. The van der Waals surface area contributed by atoms with Crippen molar-refractivity contribution in [3.05, 3.63) is 5.89 Å². The van der Waals surface area contributed by atoms with Crippen LogP contribution in [0.15, 0.2) is 4.42 Å². The molecule has 1 aromatic rings. The van der Waals surface area contributed by atoms with E-state index in [2.05, 4.69) is 27.8 Å². The molecule has 6 heteroatoms. The zero-order chi connectivity index (χ0) is 12.7. The van der Waals surface area contributed by atoms with Crippen LogP contribution in [0.2, 0.25) is 0 Å². The Kier molecular flexibility index (Phi) is 5.93. The molecular weight excluding hydrogens is 220 g/mol. The van der Waals surface area contributed by atoms with Crippen LogP contribution in [0.3, 0.4) is 0 Å². The van der Waals surface area contributed by atoms with Gasteiger partial charge >= 0.3 is 6.01 Å². The van der Waals surface area contributed by atoms with Crippen LogP contribution in [0, 0.1) is 5.92 Å². The summed E-state index contributed by atoms with van der Waals surface area (Å²) in [6.45, 7) is 8.46. The molecule has 6 nitrogen and oxygen atoms in total. The molecule has 0 aliphatic carbocycles. The number of nitrogens with zero attached hydrogens (tertiary/aromatic N) is 2. The van der Waals surface area contributed by atoms with Crippen LogP contribution in [-0.2, 0) is 4.74 Å². The smallest absolute Gasteiger partial charge is 0.315 e. The fourth-order valence-electron chi connectivity index (χ4n) is 1.48. The molecule has 0 fully saturated rings. The minimum Gasteiger partial charge on any atom is -0.406 e. The molecular formula is C11H22N4O2. The zero-order valence-electron chi connectivity index (χ0n) is 11.0. The van der Waals surface area contributed by atoms with Crippen LogP contribution in [0.1, 0.15) is 32.7 Å². The fourth-order valence-corrected chi connectivity index (χ4v) is 1.48. The summed E-state index contributed by atoms with van der Waals surface area (Å²) in [4.78, 5) is 0. The maximum Gasteiger partial charge on any atom is 0.315 e. The number of ether oxygens (including phenoxy) is 1.